The van der Waals surface area contributed by atoms with E-state index in [0.29, 0.717) is 11.8 Å². The van der Waals surface area contributed by atoms with Gasteiger partial charge in [0.25, 0.3) is 0 Å². The van der Waals surface area contributed by atoms with Gasteiger partial charge in [-0.15, -0.1) is 23.5 Å². The van der Waals surface area contributed by atoms with E-state index in [1.807, 2.05) is 0 Å². The van der Waals surface area contributed by atoms with Crippen molar-refractivity contribution < 1.29 is 14.6 Å². The minimum atomic E-state index is -0.397. The first-order chi connectivity index (χ1) is 13.4. The zero-order valence-electron chi connectivity index (χ0n) is 18.0. The lowest BCUT2D eigenvalue weighted by molar-refractivity contribution is -0.316. The summed E-state index contributed by atoms with van der Waals surface area (Å²) in [6, 6.07) is 0. The van der Waals surface area contributed by atoms with E-state index >= 15 is 0 Å². The third-order valence-corrected chi connectivity index (χ3v) is 9.58. The van der Waals surface area contributed by atoms with Crippen LogP contribution in [0.2, 0.25) is 0 Å². The molecule has 3 nitrogen and oxygen atoms in total. The SMILES string of the molecule is CCCCCC(O)/C=C/C1CCC2(OCC(C)(C)CO2)C1CCC1SCCS1. The van der Waals surface area contributed by atoms with Crippen molar-refractivity contribution in [3.8, 4) is 0 Å². The fourth-order valence-electron chi connectivity index (χ4n) is 4.68. The third kappa shape index (κ3) is 6.16. The van der Waals surface area contributed by atoms with Crippen molar-refractivity contribution in [1.29, 1.82) is 0 Å². The molecule has 0 radical (unpaired) electrons. The van der Waals surface area contributed by atoms with Crippen LogP contribution in [0.4, 0.5) is 0 Å². The smallest absolute Gasteiger partial charge is 0.171 e. The van der Waals surface area contributed by atoms with Crippen molar-refractivity contribution in [3.63, 3.8) is 0 Å². The molecule has 3 fully saturated rings. The van der Waals surface area contributed by atoms with Gasteiger partial charge in [0.1, 0.15) is 0 Å². The van der Waals surface area contributed by atoms with Crippen molar-refractivity contribution in [2.24, 2.45) is 17.3 Å². The van der Waals surface area contributed by atoms with Gasteiger partial charge in [0.15, 0.2) is 5.79 Å². The molecule has 0 aromatic rings. The topological polar surface area (TPSA) is 38.7 Å². The van der Waals surface area contributed by atoms with Gasteiger partial charge >= 0.3 is 0 Å². The maximum absolute atomic E-state index is 10.3. The van der Waals surface area contributed by atoms with Crippen molar-refractivity contribution >= 4 is 23.5 Å². The maximum atomic E-state index is 10.3. The molecule has 3 rings (SSSR count). The molecule has 1 N–H and O–H groups in total. The van der Waals surface area contributed by atoms with Crippen LogP contribution in [0, 0.1) is 17.3 Å². The first-order valence-electron chi connectivity index (χ1n) is 11.3. The molecule has 0 amide bonds. The molecule has 3 unspecified atom stereocenters. The Bertz CT molecular complexity index is 492. The Hall–Kier alpha value is 0.320. The molecule has 1 spiro atoms. The van der Waals surface area contributed by atoms with Crippen LogP contribution in [0.3, 0.4) is 0 Å². The highest BCUT2D eigenvalue weighted by atomic mass is 32.2. The van der Waals surface area contributed by atoms with Crippen LogP contribution in [0.25, 0.3) is 0 Å². The summed E-state index contributed by atoms with van der Waals surface area (Å²) in [5, 5.41) is 10.3. The van der Waals surface area contributed by atoms with Crippen LogP contribution in [0.15, 0.2) is 12.2 Å². The van der Waals surface area contributed by atoms with Crippen LogP contribution >= 0.6 is 23.5 Å². The Morgan fingerprint density at radius 2 is 1.82 bits per heavy atom. The van der Waals surface area contributed by atoms with E-state index in [1.165, 1.54) is 30.8 Å². The highest BCUT2D eigenvalue weighted by molar-refractivity contribution is 8.20. The van der Waals surface area contributed by atoms with E-state index in [0.717, 1.165) is 49.9 Å². The van der Waals surface area contributed by atoms with Gasteiger partial charge in [0.2, 0.25) is 0 Å². The van der Waals surface area contributed by atoms with E-state index in [-0.39, 0.29) is 11.5 Å². The van der Waals surface area contributed by atoms with Crippen LogP contribution in [-0.4, -0.2) is 46.3 Å². The zero-order chi connectivity index (χ0) is 20.0. The summed E-state index contributed by atoms with van der Waals surface area (Å²) in [6.45, 7) is 8.22. The maximum Gasteiger partial charge on any atom is 0.171 e. The molecular weight excluding hydrogens is 388 g/mol. The van der Waals surface area contributed by atoms with Gasteiger partial charge in [-0.05, 0) is 31.6 Å². The second-order valence-electron chi connectivity index (χ2n) is 9.56. The highest BCUT2D eigenvalue weighted by Crippen LogP contribution is 2.51. The molecule has 3 aliphatic rings. The van der Waals surface area contributed by atoms with Gasteiger partial charge in [-0.3, -0.25) is 0 Å². The minimum Gasteiger partial charge on any atom is -0.389 e. The summed E-state index contributed by atoms with van der Waals surface area (Å²) in [4.78, 5) is 0. The molecule has 0 aromatic heterocycles. The largest absolute Gasteiger partial charge is 0.389 e. The van der Waals surface area contributed by atoms with Crippen molar-refractivity contribution in [2.75, 3.05) is 24.7 Å². The molecule has 1 aliphatic carbocycles. The minimum absolute atomic E-state index is 0.107. The molecule has 2 heterocycles. The van der Waals surface area contributed by atoms with E-state index in [2.05, 4.69) is 56.4 Å². The van der Waals surface area contributed by atoms with Crippen molar-refractivity contribution in [2.45, 2.75) is 88.6 Å². The Kier molecular flexibility index (Phi) is 8.68. The Morgan fingerprint density at radius 3 is 2.50 bits per heavy atom. The number of allylic oxidation sites excluding steroid dienone is 1. The lowest BCUT2D eigenvalue weighted by Gasteiger charge is -2.45. The lowest BCUT2D eigenvalue weighted by atomic mass is 9.86. The average molecular weight is 429 g/mol. The third-order valence-electron chi connectivity index (χ3n) is 6.41. The average Bonchev–Trinajstić information content (AvgIpc) is 3.30. The Balaban J connectivity index is 1.62. The van der Waals surface area contributed by atoms with E-state index in [1.54, 1.807) is 0 Å². The highest BCUT2D eigenvalue weighted by Gasteiger charge is 2.52. The number of unbranched alkanes of at least 4 members (excludes halogenated alkanes) is 2. The molecule has 0 aromatic carbocycles. The van der Waals surface area contributed by atoms with Gasteiger partial charge in [-0.1, -0.05) is 52.2 Å². The van der Waals surface area contributed by atoms with E-state index in [4.69, 9.17) is 9.47 Å². The molecule has 28 heavy (non-hydrogen) atoms. The summed E-state index contributed by atoms with van der Waals surface area (Å²) < 4.78 is 13.6. The summed E-state index contributed by atoms with van der Waals surface area (Å²) in [6.07, 6.45) is 12.9. The molecule has 1 saturated carbocycles. The zero-order valence-corrected chi connectivity index (χ0v) is 19.7. The van der Waals surface area contributed by atoms with Crippen LogP contribution in [0.1, 0.15) is 72.1 Å². The first kappa shape index (κ1) is 23.0. The molecule has 162 valence electrons. The number of thioether (sulfide) groups is 2. The number of aliphatic hydroxyl groups is 1. The fourth-order valence-corrected chi connectivity index (χ4v) is 7.55. The number of hydrogen-bond acceptors (Lipinski definition) is 5. The molecule has 0 bridgehead atoms. The van der Waals surface area contributed by atoms with Gasteiger partial charge in [0, 0.05) is 29.3 Å². The Labute approximate surface area is 180 Å². The van der Waals surface area contributed by atoms with Gasteiger partial charge in [0.05, 0.1) is 23.9 Å². The molecular formula is C23H40O3S2. The molecule has 5 heteroatoms. The predicted octanol–water partition coefficient (Wildman–Crippen LogP) is 5.87. The second kappa shape index (κ2) is 10.6. The normalized spacial score (nSPS) is 31.1. The standard InChI is InChI=1S/C23H40O3S2/c1-4-5-6-7-19(24)9-8-18-12-13-23(25-16-22(2,3)17-26-23)20(18)10-11-21-27-14-15-28-21/h8-9,18-21,24H,4-7,10-17H2,1-3H3/b9-8+. The summed E-state index contributed by atoms with van der Waals surface area (Å²) in [5.74, 6) is 3.05. The van der Waals surface area contributed by atoms with Crippen molar-refractivity contribution in [3.05, 3.63) is 12.2 Å². The Morgan fingerprint density at radius 1 is 1.11 bits per heavy atom. The van der Waals surface area contributed by atoms with Gasteiger partial charge in [-0.2, -0.15) is 0 Å². The monoisotopic (exact) mass is 428 g/mol. The molecule has 2 saturated heterocycles. The number of rotatable bonds is 9. The van der Waals surface area contributed by atoms with Crippen LogP contribution < -0.4 is 0 Å². The summed E-state index contributed by atoms with van der Waals surface area (Å²) in [7, 11) is 0. The summed E-state index contributed by atoms with van der Waals surface area (Å²) >= 11 is 4.23. The van der Waals surface area contributed by atoms with Gasteiger partial charge in [-0.25, -0.2) is 0 Å². The van der Waals surface area contributed by atoms with Crippen LogP contribution in [0.5, 0.6) is 0 Å². The van der Waals surface area contributed by atoms with Gasteiger partial charge < -0.3 is 14.6 Å². The number of hydrogen-bond donors (Lipinski definition) is 1. The number of aliphatic hydroxyl groups excluding tert-OH is 1. The molecule has 3 atom stereocenters. The first-order valence-corrected chi connectivity index (χ1v) is 13.4. The quantitative estimate of drug-likeness (QED) is 0.367. The van der Waals surface area contributed by atoms with E-state index in [9.17, 15) is 5.11 Å². The van der Waals surface area contributed by atoms with E-state index < -0.39 is 5.79 Å². The second-order valence-corrected chi connectivity index (χ2v) is 12.5. The van der Waals surface area contributed by atoms with Crippen LogP contribution in [-0.2, 0) is 9.47 Å². The lowest BCUT2D eigenvalue weighted by Crippen LogP contribution is -2.50. The fraction of sp³-hybridized carbons (Fsp3) is 0.913. The van der Waals surface area contributed by atoms with Crippen molar-refractivity contribution in [1.82, 2.24) is 0 Å². The number of ether oxygens (including phenoxy) is 2. The predicted molar refractivity (Wildman–Crippen MR) is 122 cm³/mol. The summed E-state index contributed by atoms with van der Waals surface area (Å²) in [5.41, 5.74) is 0.107. The molecule has 2 aliphatic heterocycles.